The fourth-order valence-electron chi connectivity index (χ4n) is 2.66. The van der Waals surface area contributed by atoms with Crippen LogP contribution in [0.2, 0.25) is 0 Å². The molecule has 5 heteroatoms. The van der Waals surface area contributed by atoms with E-state index < -0.39 is 12.1 Å². The zero-order valence-corrected chi connectivity index (χ0v) is 15.8. The minimum atomic E-state index is -0.492. The van der Waals surface area contributed by atoms with Crippen molar-refractivity contribution in [2.24, 2.45) is 0 Å². The van der Waals surface area contributed by atoms with Crippen LogP contribution in [0.15, 0.2) is 48.5 Å². The summed E-state index contributed by atoms with van der Waals surface area (Å²) in [5, 5.41) is 8.82. The van der Waals surface area contributed by atoms with Crippen molar-refractivity contribution < 1.29 is 9.59 Å². The van der Waals surface area contributed by atoms with Crippen molar-refractivity contribution in [3.8, 4) is 0 Å². The summed E-state index contributed by atoms with van der Waals surface area (Å²) < 4.78 is 0. The second-order valence-corrected chi connectivity index (χ2v) is 6.62. The molecular formula is C21H27N3O2. The van der Waals surface area contributed by atoms with Crippen molar-refractivity contribution >= 4 is 17.5 Å². The second-order valence-electron chi connectivity index (χ2n) is 6.62. The van der Waals surface area contributed by atoms with Crippen LogP contribution in [0.5, 0.6) is 0 Å². The second kappa shape index (κ2) is 9.15. The molecule has 0 bridgehead atoms. The Morgan fingerprint density at radius 3 is 2.23 bits per heavy atom. The van der Waals surface area contributed by atoms with Crippen molar-refractivity contribution in [1.29, 1.82) is 0 Å². The first kappa shape index (κ1) is 19.7. The first-order valence-corrected chi connectivity index (χ1v) is 8.82. The van der Waals surface area contributed by atoms with Crippen molar-refractivity contribution in [2.75, 3.05) is 5.32 Å². The van der Waals surface area contributed by atoms with Gasteiger partial charge in [0.05, 0.1) is 12.1 Å². The lowest BCUT2D eigenvalue weighted by molar-refractivity contribution is -0.123. The van der Waals surface area contributed by atoms with Crippen LogP contribution < -0.4 is 16.0 Å². The third-order valence-electron chi connectivity index (χ3n) is 4.24. The Kier molecular flexibility index (Phi) is 6.92. The van der Waals surface area contributed by atoms with Gasteiger partial charge in [-0.15, -0.1) is 0 Å². The normalized spacial score (nSPS) is 12.9. The fourth-order valence-corrected chi connectivity index (χ4v) is 2.66. The molecule has 138 valence electrons. The van der Waals surface area contributed by atoms with Gasteiger partial charge in [0.15, 0.2) is 0 Å². The molecule has 2 aromatic rings. The van der Waals surface area contributed by atoms with Crippen LogP contribution in [-0.4, -0.2) is 23.9 Å². The molecule has 0 aliphatic carbocycles. The Hall–Kier alpha value is -2.66. The third kappa shape index (κ3) is 5.70. The van der Waals surface area contributed by atoms with Gasteiger partial charge in [-0.1, -0.05) is 48.0 Å². The van der Waals surface area contributed by atoms with Gasteiger partial charge in [-0.25, -0.2) is 0 Å². The molecule has 0 aliphatic rings. The largest absolute Gasteiger partial charge is 0.351 e. The lowest BCUT2D eigenvalue weighted by Gasteiger charge is -2.20. The Bertz CT molecular complexity index is 759. The van der Waals surface area contributed by atoms with Gasteiger partial charge in [0, 0.05) is 12.2 Å². The monoisotopic (exact) mass is 353 g/mol. The summed E-state index contributed by atoms with van der Waals surface area (Å²) in [4.78, 5) is 24.6. The zero-order chi connectivity index (χ0) is 19.1. The number of rotatable bonds is 7. The molecule has 0 saturated carbocycles. The molecule has 0 fully saturated rings. The van der Waals surface area contributed by atoms with Crippen LogP contribution in [0, 0.1) is 13.8 Å². The molecular weight excluding hydrogens is 326 g/mol. The van der Waals surface area contributed by atoms with Crippen molar-refractivity contribution in [3.05, 3.63) is 65.2 Å². The number of aryl methyl sites for hydroxylation is 2. The number of anilines is 1. The maximum absolute atomic E-state index is 12.4. The van der Waals surface area contributed by atoms with Gasteiger partial charge < -0.3 is 10.6 Å². The summed E-state index contributed by atoms with van der Waals surface area (Å²) in [6.45, 7) is 7.94. The lowest BCUT2D eigenvalue weighted by Crippen LogP contribution is -2.49. The van der Waals surface area contributed by atoms with E-state index in [1.807, 2.05) is 62.4 Å². The third-order valence-corrected chi connectivity index (χ3v) is 4.24. The van der Waals surface area contributed by atoms with Gasteiger partial charge in [-0.05, 0) is 44.9 Å². The SMILES string of the molecule is Cc1ccc(NC(=O)C(C)NC(C)C(=O)NCc2ccccc2)c(C)c1. The summed E-state index contributed by atoms with van der Waals surface area (Å²) in [6.07, 6.45) is 0. The first-order chi connectivity index (χ1) is 12.4. The summed E-state index contributed by atoms with van der Waals surface area (Å²) >= 11 is 0. The maximum Gasteiger partial charge on any atom is 0.241 e. The molecule has 26 heavy (non-hydrogen) atoms. The number of benzene rings is 2. The highest BCUT2D eigenvalue weighted by atomic mass is 16.2. The Morgan fingerprint density at radius 2 is 1.58 bits per heavy atom. The molecule has 0 spiro atoms. The average molecular weight is 353 g/mol. The van der Waals surface area contributed by atoms with E-state index in [4.69, 9.17) is 0 Å². The van der Waals surface area contributed by atoms with E-state index in [1.165, 1.54) is 0 Å². The molecule has 0 saturated heterocycles. The van der Waals surface area contributed by atoms with Crippen molar-refractivity contribution in [2.45, 2.75) is 46.3 Å². The minimum absolute atomic E-state index is 0.139. The number of nitrogens with one attached hydrogen (secondary N) is 3. The van der Waals surface area contributed by atoms with Gasteiger partial charge in [0.25, 0.3) is 0 Å². The maximum atomic E-state index is 12.4. The summed E-state index contributed by atoms with van der Waals surface area (Å²) in [5.74, 6) is -0.306. The van der Waals surface area contributed by atoms with Gasteiger partial charge in [0.1, 0.15) is 0 Å². The minimum Gasteiger partial charge on any atom is -0.351 e. The van der Waals surface area contributed by atoms with Crippen LogP contribution >= 0.6 is 0 Å². The summed E-state index contributed by atoms with van der Waals surface area (Å²) in [5.41, 5.74) is 3.98. The molecule has 2 unspecified atom stereocenters. The summed E-state index contributed by atoms with van der Waals surface area (Å²) in [7, 11) is 0. The number of amides is 2. The van der Waals surface area contributed by atoms with E-state index in [2.05, 4.69) is 16.0 Å². The molecule has 2 amide bonds. The zero-order valence-electron chi connectivity index (χ0n) is 15.8. The van der Waals surface area contributed by atoms with E-state index in [1.54, 1.807) is 13.8 Å². The molecule has 2 rings (SSSR count). The average Bonchev–Trinajstić information content (AvgIpc) is 2.62. The summed E-state index contributed by atoms with van der Waals surface area (Å²) in [6, 6.07) is 14.6. The van der Waals surface area contributed by atoms with Crippen LogP contribution in [0.3, 0.4) is 0 Å². The molecule has 0 heterocycles. The van der Waals surface area contributed by atoms with E-state index in [-0.39, 0.29) is 11.8 Å². The van der Waals surface area contributed by atoms with Crippen molar-refractivity contribution in [3.63, 3.8) is 0 Å². The molecule has 0 radical (unpaired) electrons. The molecule has 2 aromatic carbocycles. The number of carbonyl (C=O) groups excluding carboxylic acids is 2. The van der Waals surface area contributed by atoms with Crippen LogP contribution in [0.1, 0.15) is 30.5 Å². The van der Waals surface area contributed by atoms with Crippen LogP contribution in [0.4, 0.5) is 5.69 Å². The molecule has 0 aromatic heterocycles. The Balaban J connectivity index is 1.84. The molecule has 5 nitrogen and oxygen atoms in total. The highest BCUT2D eigenvalue weighted by Crippen LogP contribution is 2.16. The van der Waals surface area contributed by atoms with E-state index in [9.17, 15) is 9.59 Å². The number of hydrogen-bond donors (Lipinski definition) is 3. The predicted octanol–water partition coefficient (Wildman–Crippen LogP) is 2.92. The lowest BCUT2D eigenvalue weighted by atomic mass is 10.1. The van der Waals surface area contributed by atoms with Crippen LogP contribution in [0.25, 0.3) is 0 Å². The van der Waals surface area contributed by atoms with Gasteiger partial charge in [0.2, 0.25) is 11.8 Å². The number of carbonyl (C=O) groups is 2. The Morgan fingerprint density at radius 1 is 0.923 bits per heavy atom. The van der Waals surface area contributed by atoms with Crippen LogP contribution in [-0.2, 0) is 16.1 Å². The fraction of sp³-hybridized carbons (Fsp3) is 0.333. The highest BCUT2D eigenvalue weighted by Gasteiger charge is 2.20. The van der Waals surface area contributed by atoms with E-state index in [0.29, 0.717) is 6.54 Å². The van der Waals surface area contributed by atoms with Gasteiger partial charge in [-0.3, -0.25) is 14.9 Å². The van der Waals surface area contributed by atoms with E-state index >= 15 is 0 Å². The van der Waals surface area contributed by atoms with Gasteiger partial charge in [-0.2, -0.15) is 0 Å². The predicted molar refractivity (Wildman–Crippen MR) is 105 cm³/mol. The van der Waals surface area contributed by atoms with Gasteiger partial charge >= 0.3 is 0 Å². The highest BCUT2D eigenvalue weighted by molar-refractivity contribution is 5.95. The Labute approximate surface area is 155 Å². The molecule has 3 N–H and O–H groups in total. The molecule has 2 atom stereocenters. The van der Waals surface area contributed by atoms with E-state index in [0.717, 1.165) is 22.4 Å². The smallest absolute Gasteiger partial charge is 0.241 e. The molecule has 0 aliphatic heterocycles. The standard InChI is InChI=1S/C21H27N3O2/c1-14-10-11-19(15(2)12-14)24-21(26)17(4)23-16(3)20(25)22-13-18-8-6-5-7-9-18/h5-12,16-17,23H,13H2,1-4H3,(H,22,25)(H,24,26). The first-order valence-electron chi connectivity index (χ1n) is 8.82. The van der Waals surface area contributed by atoms with Crippen molar-refractivity contribution in [1.82, 2.24) is 10.6 Å². The quantitative estimate of drug-likeness (QED) is 0.717. The topological polar surface area (TPSA) is 70.2 Å². The number of hydrogen-bond acceptors (Lipinski definition) is 3.